The number of hydrogen-bond acceptors (Lipinski definition) is 5. The summed E-state index contributed by atoms with van der Waals surface area (Å²) < 4.78 is 7.42. The van der Waals surface area contributed by atoms with Crippen LogP contribution in [0.25, 0.3) is 0 Å². The van der Waals surface area contributed by atoms with Crippen LogP contribution >= 0.6 is 0 Å². The summed E-state index contributed by atoms with van der Waals surface area (Å²) in [6.45, 7) is 0. The first-order chi connectivity index (χ1) is 12.7. The largest absolute Gasteiger partial charge is 0.437 e. The van der Waals surface area contributed by atoms with Crippen LogP contribution in [0.15, 0.2) is 42.9 Å². The zero-order chi connectivity index (χ0) is 17.9. The summed E-state index contributed by atoms with van der Waals surface area (Å²) in [6, 6.07) is 7.05. The number of anilines is 1. The number of carbonyl (C=O) groups is 1. The van der Waals surface area contributed by atoms with Gasteiger partial charge in [0.15, 0.2) is 5.69 Å². The second-order valence-electron chi connectivity index (χ2n) is 6.23. The summed E-state index contributed by atoms with van der Waals surface area (Å²) in [5.41, 5.74) is 3.35. The first-order valence-corrected chi connectivity index (χ1v) is 8.61. The van der Waals surface area contributed by atoms with Crippen LogP contribution in [0, 0.1) is 0 Å². The summed E-state index contributed by atoms with van der Waals surface area (Å²) in [7, 11) is 1.90. The van der Waals surface area contributed by atoms with Gasteiger partial charge >= 0.3 is 0 Å². The minimum Gasteiger partial charge on any atom is -0.437 e. The third kappa shape index (κ3) is 3.28. The Balaban J connectivity index is 1.47. The molecule has 1 aliphatic rings. The van der Waals surface area contributed by atoms with Crippen molar-refractivity contribution in [2.24, 2.45) is 7.05 Å². The van der Waals surface area contributed by atoms with Gasteiger partial charge in [0.05, 0.1) is 18.1 Å². The number of ether oxygens (including phenoxy) is 1. The minimum absolute atomic E-state index is 0.202. The van der Waals surface area contributed by atoms with E-state index in [-0.39, 0.29) is 5.91 Å². The van der Waals surface area contributed by atoms with Crippen molar-refractivity contribution in [1.29, 1.82) is 0 Å². The Morgan fingerprint density at radius 2 is 2.08 bits per heavy atom. The Morgan fingerprint density at radius 3 is 2.85 bits per heavy atom. The van der Waals surface area contributed by atoms with Gasteiger partial charge in [0.1, 0.15) is 5.75 Å². The molecule has 132 valence electrons. The van der Waals surface area contributed by atoms with Crippen LogP contribution in [-0.4, -0.2) is 25.7 Å². The maximum atomic E-state index is 12.6. The molecule has 26 heavy (non-hydrogen) atoms. The van der Waals surface area contributed by atoms with E-state index in [0.29, 0.717) is 23.0 Å². The SMILES string of the molecule is Cn1nc(C(=O)Nc2ccc(Oc3cccnc3)nc2)c2c1CCCC2. The minimum atomic E-state index is -0.202. The van der Waals surface area contributed by atoms with Crippen molar-refractivity contribution < 1.29 is 9.53 Å². The van der Waals surface area contributed by atoms with Gasteiger partial charge in [0.2, 0.25) is 5.88 Å². The van der Waals surface area contributed by atoms with Gasteiger partial charge in [-0.15, -0.1) is 0 Å². The van der Waals surface area contributed by atoms with Crippen molar-refractivity contribution in [3.8, 4) is 11.6 Å². The maximum Gasteiger partial charge on any atom is 0.276 e. The molecular formula is C19H19N5O2. The molecular weight excluding hydrogens is 330 g/mol. The zero-order valence-electron chi connectivity index (χ0n) is 14.5. The monoisotopic (exact) mass is 349 g/mol. The highest BCUT2D eigenvalue weighted by molar-refractivity contribution is 6.04. The van der Waals surface area contributed by atoms with E-state index < -0.39 is 0 Å². The number of fused-ring (bicyclic) bond motifs is 1. The van der Waals surface area contributed by atoms with Crippen LogP contribution in [0.1, 0.15) is 34.6 Å². The van der Waals surface area contributed by atoms with Crippen LogP contribution in [0.5, 0.6) is 11.6 Å². The van der Waals surface area contributed by atoms with Crippen molar-refractivity contribution in [1.82, 2.24) is 19.7 Å². The fraction of sp³-hybridized carbons (Fsp3) is 0.263. The lowest BCUT2D eigenvalue weighted by molar-refractivity contribution is 0.102. The predicted octanol–water partition coefficient (Wildman–Crippen LogP) is 3.13. The number of aryl methyl sites for hydroxylation is 1. The summed E-state index contributed by atoms with van der Waals surface area (Å²) >= 11 is 0. The van der Waals surface area contributed by atoms with Crippen LogP contribution < -0.4 is 10.1 Å². The number of hydrogen-bond donors (Lipinski definition) is 1. The lowest BCUT2D eigenvalue weighted by atomic mass is 9.95. The molecule has 3 heterocycles. The van der Waals surface area contributed by atoms with E-state index in [2.05, 4.69) is 20.4 Å². The number of pyridine rings is 2. The molecule has 7 nitrogen and oxygen atoms in total. The molecule has 7 heteroatoms. The maximum absolute atomic E-state index is 12.6. The number of amides is 1. The zero-order valence-corrected chi connectivity index (χ0v) is 14.5. The quantitative estimate of drug-likeness (QED) is 0.782. The van der Waals surface area contributed by atoms with E-state index in [9.17, 15) is 4.79 Å². The molecule has 0 saturated carbocycles. The second-order valence-corrected chi connectivity index (χ2v) is 6.23. The van der Waals surface area contributed by atoms with E-state index in [0.717, 1.165) is 31.2 Å². The average Bonchev–Trinajstić information content (AvgIpc) is 3.01. The molecule has 0 unspecified atom stereocenters. The van der Waals surface area contributed by atoms with Gasteiger partial charge in [-0.3, -0.25) is 14.5 Å². The van der Waals surface area contributed by atoms with E-state index in [1.807, 2.05) is 11.7 Å². The summed E-state index contributed by atoms with van der Waals surface area (Å²) in [6.07, 6.45) is 8.99. The van der Waals surface area contributed by atoms with Gasteiger partial charge in [-0.25, -0.2) is 4.98 Å². The van der Waals surface area contributed by atoms with Crippen LogP contribution in [0.3, 0.4) is 0 Å². The van der Waals surface area contributed by atoms with Crippen LogP contribution in [0.2, 0.25) is 0 Å². The smallest absolute Gasteiger partial charge is 0.276 e. The summed E-state index contributed by atoms with van der Waals surface area (Å²) in [4.78, 5) is 20.8. The molecule has 1 amide bonds. The standard InChI is InChI=1S/C19H19N5O2/c1-24-16-7-3-2-6-15(16)18(23-24)19(25)22-13-8-9-17(21-11-13)26-14-5-4-10-20-12-14/h4-5,8-12H,2-3,6-7H2,1H3,(H,22,25). The van der Waals surface area contributed by atoms with E-state index in [4.69, 9.17) is 4.74 Å². The predicted molar refractivity (Wildman–Crippen MR) is 96.4 cm³/mol. The van der Waals surface area contributed by atoms with Gasteiger partial charge in [0.25, 0.3) is 5.91 Å². The molecule has 0 saturated heterocycles. The van der Waals surface area contributed by atoms with Crippen molar-refractivity contribution in [3.05, 3.63) is 59.8 Å². The Morgan fingerprint density at radius 1 is 1.19 bits per heavy atom. The van der Waals surface area contributed by atoms with E-state index >= 15 is 0 Å². The molecule has 0 atom stereocenters. The first kappa shape index (κ1) is 16.3. The summed E-state index contributed by atoms with van der Waals surface area (Å²) in [5.74, 6) is 0.842. The number of nitrogens with one attached hydrogen (secondary N) is 1. The number of rotatable bonds is 4. The Labute approximate surface area is 151 Å². The second kappa shape index (κ2) is 6.95. The van der Waals surface area contributed by atoms with Crippen LogP contribution in [-0.2, 0) is 19.9 Å². The third-order valence-corrected chi connectivity index (χ3v) is 4.43. The van der Waals surface area contributed by atoms with Crippen molar-refractivity contribution in [2.75, 3.05) is 5.32 Å². The highest BCUT2D eigenvalue weighted by atomic mass is 16.5. The van der Waals surface area contributed by atoms with E-state index in [1.54, 1.807) is 42.9 Å². The first-order valence-electron chi connectivity index (χ1n) is 8.61. The number of aromatic nitrogens is 4. The lowest BCUT2D eigenvalue weighted by Gasteiger charge is -2.12. The van der Waals surface area contributed by atoms with Gasteiger partial charge in [-0.1, -0.05) is 0 Å². The highest BCUT2D eigenvalue weighted by Crippen LogP contribution is 2.25. The summed E-state index contributed by atoms with van der Waals surface area (Å²) in [5, 5.41) is 7.28. The van der Waals surface area contributed by atoms with Crippen molar-refractivity contribution in [3.63, 3.8) is 0 Å². The molecule has 1 aliphatic carbocycles. The molecule has 0 aliphatic heterocycles. The van der Waals surface area contributed by atoms with Crippen molar-refractivity contribution in [2.45, 2.75) is 25.7 Å². The Bertz CT molecular complexity index is 919. The molecule has 0 bridgehead atoms. The van der Waals surface area contributed by atoms with Gasteiger partial charge in [-0.05, 0) is 43.9 Å². The van der Waals surface area contributed by atoms with Gasteiger partial charge in [-0.2, -0.15) is 5.10 Å². The molecule has 0 fully saturated rings. The van der Waals surface area contributed by atoms with Gasteiger partial charge < -0.3 is 10.1 Å². The Kier molecular flexibility index (Phi) is 4.35. The molecule has 3 aromatic heterocycles. The molecule has 0 aromatic carbocycles. The average molecular weight is 349 g/mol. The highest BCUT2D eigenvalue weighted by Gasteiger charge is 2.23. The molecule has 0 radical (unpaired) electrons. The molecule has 4 rings (SSSR count). The van der Waals surface area contributed by atoms with E-state index in [1.165, 1.54) is 5.69 Å². The Hall–Kier alpha value is -3.22. The molecule has 0 spiro atoms. The number of nitrogens with zero attached hydrogens (tertiary/aromatic N) is 4. The topological polar surface area (TPSA) is 81.9 Å². The van der Waals surface area contributed by atoms with Gasteiger partial charge in [0, 0.05) is 30.6 Å². The third-order valence-electron chi connectivity index (χ3n) is 4.43. The lowest BCUT2D eigenvalue weighted by Crippen LogP contribution is -2.15. The molecule has 3 aromatic rings. The fourth-order valence-corrected chi connectivity index (χ4v) is 3.19. The van der Waals surface area contributed by atoms with Crippen molar-refractivity contribution >= 4 is 11.6 Å². The van der Waals surface area contributed by atoms with Crippen LogP contribution in [0.4, 0.5) is 5.69 Å². The fourth-order valence-electron chi connectivity index (χ4n) is 3.19. The normalized spacial score (nSPS) is 13.1. The molecule has 1 N–H and O–H groups in total. The number of carbonyl (C=O) groups excluding carboxylic acids is 1.